The van der Waals surface area contributed by atoms with E-state index in [1.54, 1.807) is 19.1 Å². The van der Waals surface area contributed by atoms with Crippen LogP contribution in [0.25, 0.3) is 0 Å². The van der Waals surface area contributed by atoms with Crippen molar-refractivity contribution in [3.63, 3.8) is 0 Å². The van der Waals surface area contributed by atoms with Gasteiger partial charge in [0.05, 0.1) is 4.90 Å². The molecule has 0 heterocycles. The number of hydrogen-bond acceptors (Lipinski definition) is 3. The molecule has 106 valence electrons. The Labute approximate surface area is 115 Å². The van der Waals surface area contributed by atoms with Gasteiger partial charge < -0.3 is 0 Å². The third-order valence-corrected chi connectivity index (χ3v) is 4.32. The molecule has 0 spiro atoms. The highest BCUT2D eigenvalue weighted by Crippen LogP contribution is 2.13. The summed E-state index contributed by atoms with van der Waals surface area (Å²) in [7, 11) is -3.51. The molecule has 0 fully saturated rings. The van der Waals surface area contributed by atoms with Crippen LogP contribution in [-0.4, -0.2) is 20.7 Å². The summed E-state index contributed by atoms with van der Waals surface area (Å²) >= 11 is 0. The summed E-state index contributed by atoms with van der Waals surface area (Å²) in [4.78, 5) is 11.7. The second kappa shape index (κ2) is 7.40. The Kier molecular flexibility index (Phi) is 6.18. The minimum absolute atomic E-state index is 0.0527. The van der Waals surface area contributed by atoms with Crippen molar-refractivity contribution in [1.82, 2.24) is 4.72 Å². The Morgan fingerprint density at radius 2 is 1.95 bits per heavy atom. The van der Waals surface area contributed by atoms with Gasteiger partial charge in [-0.2, -0.15) is 0 Å². The Morgan fingerprint density at radius 3 is 2.58 bits per heavy atom. The third-order valence-electron chi connectivity index (χ3n) is 2.86. The summed E-state index contributed by atoms with van der Waals surface area (Å²) in [5, 5.41) is 0. The standard InChI is InChI=1S/C14H21NO3S/c1-3-5-6-10-15-19(17,18)13-9-7-8-12(11-13)14(16)4-2/h7-9,11,15H,3-6,10H2,1-2H3. The van der Waals surface area contributed by atoms with Crippen LogP contribution in [0.5, 0.6) is 0 Å². The molecule has 1 N–H and O–H groups in total. The zero-order valence-corrected chi connectivity index (χ0v) is 12.3. The Morgan fingerprint density at radius 1 is 1.21 bits per heavy atom. The molecule has 1 aromatic rings. The first-order chi connectivity index (χ1) is 9.01. The Bertz CT molecular complexity index is 523. The van der Waals surface area contributed by atoms with Crippen LogP contribution in [0.1, 0.15) is 49.9 Å². The van der Waals surface area contributed by atoms with E-state index in [4.69, 9.17) is 0 Å². The highest BCUT2D eigenvalue weighted by molar-refractivity contribution is 7.89. The molecular weight excluding hydrogens is 262 g/mol. The average Bonchev–Trinajstić information content (AvgIpc) is 2.43. The van der Waals surface area contributed by atoms with Crippen LogP contribution in [0.15, 0.2) is 29.2 Å². The second-order valence-corrected chi connectivity index (χ2v) is 6.18. The van der Waals surface area contributed by atoms with Crippen LogP contribution >= 0.6 is 0 Å². The third kappa shape index (κ3) is 4.76. The molecule has 1 aromatic carbocycles. The van der Waals surface area contributed by atoms with Crippen LogP contribution < -0.4 is 4.72 Å². The van der Waals surface area contributed by atoms with E-state index in [1.807, 2.05) is 0 Å². The van der Waals surface area contributed by atoms with Gasteiger partial charge in [0.2, 0.25) is 10.0 Å². The highest BCUT2D eigenvalue weighted by Gasteiger charge is 2.14. The molecule has 0 saturated carbocycles. The average molecular weight is 283 g/mol. The number of carbonyl (C=O) groups excluding carboxylic acids is 1. The van der Waals surface area contributed by atoms with Crippen LogP contribution in [0.2, 0.25) is 0 Å². The van der Waals surface area contributed by atoms with E-state index >= 15 is 0 Å². The monoisotopic (exact) mass is 283 g/mol. The number of hydrogen-bond donors (Lipinski definition) is 1. The molecule has 0 unspecified atom stereocenters. The molecule has 4 nitrogen and oxygen atoms in total. The Balaban J connectivity index is 2.80. The van der Waals surface area contributed by atoms with Gasteiger partial charge in [0.15, 0.2) is 5.78 Å². The number of rotatable bonds is 8. The second-order valence-electron chi connectivity index (χ2n) is 4.41. The molecule has 1 rings (SSSR count). The first-order valence-corrected chi connectivity index (χ1v) is 8.12. The molecule has 0 amide bonds. The maximum atomic E-state index is 12.0. The summed E-state index contributed by atoms with van der Waals surface area (Å²) in [6, 6.07) is 6.19. The van der Waals surface area contributed by atoms with Gasteiger partial charge in [0.25, 0.3) is 0 Å². The lowest BCUT2D eigenvalue weighted by molar-refractivity contribution is 0.0988. The molecule has 0 radical (unpaired) electrons. The van der Waals surface area contributed by atoms with Gasteiger partial charge in [-0.25, -0.2) is 13.1 Å². The van der Waals surface area contributed by atoms with Crippen LogP contribution in [0, 0.1) is 0 Å². The fraction of sp³-hybridized carbons (Fsp3) is 0.500. The lowest BCUT2D eigenvalue weighted by atomic mass is 10.1. The van der Waals surface area contributed by atoms with Gasteiger partial charge in [-0.1, -0.05) is 38.8 Å². The van der Waals surface area contributed by atoms with E-state index in [1.165, 1.54) is 12.1 Å². The minimum atomic E-state index is -3.51. The quantitative estimate of drug-likeness (QED) is 0.589. The topological polar surface area (TPSA) is 63.2 Å². The van der Waals surface area contributed by atoms with Crippen molar-refractivity contribution in [3.05, 3.63) is 29.8 Å². The fourth-order valence-electron chi connectivity index (χ4n) is 1.71. The van der Waals surface area contributed by atoms with E-state index in [-0.39, 0.29) is 10.7 Å². The van der Waals surface area contributed by atoms with Gasteiger partial charge >= 0.3 is 0 Å². The van der Waals surface area contributed by atoms with Crippen LogP contribution in [0.3, 0.4) is 0 Å². The normalized spacial score (nSPS) is 11.5. The van der Waals surface area contributed by atoms with Crippen LogP contribution in [0.4, 0.5) is 0 Å². The summed E-state index contributed by atoms with van der Waals surface area (Å²) in [6.07, 6.45) is 3.23. The number of benzene rings is 1. The van der Waals surface area contributed by atoms with Gasteiger partial charge in [0.1, 0.15) is 0 Å². The van der Waals surface area contributed by atoms with Crippen molar-refractivity contribution in [1.29, 1.82) is 0 Å². The molecule has 0 aliphatic carbocycles. The minimum Gasteiger partial charge on any atom is -0.294 e. The summed E-state index contributed by atoms with van der Waals surface area (Å²) in [5.74, 6) is -0.0527. The number of sulfonamides is 1. The highest BCUT2D eigenvalue weighted by atomic mass is 32.2. The molecule has 0 saturated heterocycles. The molecule has 0 bridgehead atoms. The molecule has 0 aliphatic heterocycles. The van der Waals surface area contributed by atoms with Gasteiger partial charge in [-0.05, 0) is 18.6 Å². The number of carbonyl (C=O) groups is 1. The fourth-order valence-corrected chi connectivity index (χ4v) is 2.83. The predicted octanol–water partition coefficient (Wildman–Crippen LogP) is 2.75. The molecule has 0 atom stereocenters. The molecule has 5 heteroatoms. The number of Topliss-reactive ketones (excluding diaryl/α,β-unsaturated/α-hetero) is 1. The van der Waals surface area contributed by atoms with Crippen molar-refractivity contribution >= 4 is 15.8 Å². The smallest absolute Gasteiger partial charge is 0.240 e. The van der Waals surface area contributed by atoms with Crippen molar-refractivity contribution in [2.45, 2.75) is 44.4 Å². The zero-order chi connectivity index (χ0) is 14.3. The Hall–Kier alpha value is -1.20. The maximum absolute atomic E-state index is 12.0. The van der Waals surface area contributed by atoms with Crippen molar-refractivity contribution in [3.8, 4) is 0 Å². The first-order valence-electron chi connectivity index (χ1n) is 6.64. The van der Waals surface area contributed by atoms with Gasteiger partial charge in [-0.15, -0.1) is 0 Å². The summed E-state index contributed by atoms with van der Waals surface area (Å²) < 4.78 is 26.6. The largest absolute Gasteiger partial charge is 0.294 e. The van der Waals surface area contributed by atoms with E-state index in [0.29, 0.717) is 18.5 Å². The lowest BCUT2D eigenvalue weighted by Gasteiger charge is -2.07. The van der Waals surface area contributed by atoms with Crippen molar-refractivity contribution < 1.29 is 13.2 Å². The van der Waals surface area contributed by atoms with Crippen LogP contribution in [-0.2, 0) is 10.0 Å². The number of ketones is 1. The SMILES string of the molecule is CCCCCNS(=O)(=O)c1cccc(C(=O)CC)c1. The zero-order valence-electron chi connectivity index (χ0n) is 11.5. The van der Waals surface area contributed by atoms with Gasteiger partial charge in [-0.3, -0.25) is 4.79 Å². The first kappa shape index (κ1) is 15.9. The van der Waals surface area contributed by atoms with Gasteiger partial charge in [0, 0.05) is 18.5 Å². The van der Waals surface area contributed by atoms with E-state index < -0.39 is 10.0 Å². The number of unbranched alkanes of at least 4 members (excludes halogenated alkanes) is 2. The number of nitrogens with one attached hydrogen (secondary N) is 1. The molecule has 0 aromatic heterocycles. The summed E-state index contributed by atoms with van der Waals surface area (Å²) in [6.45, 7) is 4.25. The molecule has 0 aliphatic rings. The summed E-state index contributed by atoms with van der Waals surface area (Å²) in [5.41, 5.74) is 0.443. The van der Waals surface area contributed by atoms with E-state index in [0.717, 1.165) is 19.3 Å². The molecular formula is C14H21NO3S. The lowest BCUT2D eigenvalue weighted by Crippen LogP contribution is -2.25. The maximum Gasteiger partial charge on any atom is 0.240 e. The van der Waals surface area contributed by atoms with Crippen molar-refractivity contribution in [2.75, 3.05) is 6.54 Å². The van der Waals surface area contributed by atoms with Crippen molar-refractivity contribution in [2.24, 2.45) is 0 Å². The van der Waals surface area contributed by atoms with E-state index in [9.17, 15) is 13.2 Å². The van der Waals surface area contributed by atoms with E-state index in [2.05, 4.69) is 11.6 Å². The predicted molar refractivity (Wildman–Crippen MR) is 75.8 cm³/mol. The molecule has 19 heavy (non-hydrogen) atoms.